The van der Waals surface area contributed by atoms with Crippen LogP contribution in [-0.4, -0.2) is 60.1 Å². The van der Waals surface area contributed by atoms with Gasteiger partial charge in [-0.05, 0) is 65.4 Å². The molecule has 34 heavy (non-hydrogen) atoms. The van der Waals surface area contributed by atoms with Gasteiger partial charge >= 0.3 is 5.97 Å². The summed E-state index contributed by atoms with van der Waals surface area (Å²) in [4.78, 5) is 42.8. The molecule has 2 aliphatic rings. The zero-order valence-corrected chi connectivity index (χ0v) is 21.7. The molecule has 0 radical (unpaired) electrons. The average Bonchev–Trinajstić information content (AvgIpc) is 3.20. The molecule has 0 bridgehead atoms. The van der Waals surface area contributed by atoms with Gasteiger partial charge in [-0.1, -0.05) is 18.8 Å². The molecule has 1 aromatic heterocycles. The highest BCUT2D eigenvalue weighted by molar-refractivity contribution is 7.15. The van der Waals surface area contributed by atoms with Crippen molar-refractivity contribution in [2.24, 2.45) is 17.3 Å². The summed E-state index contributed by atoms with van der Waals surface area (Å²) in [5, 5.41) is 9.91. The fraction of sp³-hybridized carbons (Fsp3) is 0.654. The van der Waals surface area contributed by atoms with Gasteiger partial charge in [0.05, 0.1) is 23.3 Å². The Morgan fingerprint density at radius 3 is 2.47 bits per heavy atom. The van der Waals surface area contributed by atoms with E-state index in [0.717, 1.165) is 37.0 Å². The summed E-state index contributed by atoms with van der Waals surface area (Å²) >= 11 is 1.05. The van der Waals surface area contributed by atoms with Crippen LogP contribution in [0.25, 0.3) is 0 Å². The summed E-state index contributed by atoms with van der Waals surface area (Å²) in [6.45, 7) is 11.2. The van der Waals surface area contributed by atoms with Crippen LogP contribution in [0.3, 0.4) is 0 Å². The van der Waals surface area contributed by atoms with E-state index in [9.17, 15) is 19.5 Å². The smallest absolute Gasteiger partial charge is 0.348 e. The molecule has 3 rings (SSSR count). The first-order valence-electron chi connectivity index (χ1n) is 12.1. The second-order valence-electron chi connectivity index (χ2n) is 10.5. The minimum absolute atomic E-state index is 0.0406. The number of aromatic carboxylic acids is 1. The lowest BCUT2D eigenvalue weighted by Crippen LogP contribution is -2.50. The number of carboxylic acids is 1. The van der Waals surface area contributed by atoms with E-state index in [2.05, 4.69) is 18.8 Å². The molecule has 1 aromatic rings. The first kappa shape index (κ1) is 26.2. The van der Waals surface area contributed by atoms with Gasteiger partial charge in [0.25, 0.3) is 0 Å². The molecule has 1 atom stereocenters. The SMILES string of the molecule is CC1CN(C(=O)CN(c2cc(C#CC(C)(C)C)sc2C(=O)O)C(=O)[C@H]2CC[C@H](C)CC2)CCO1. The Labute approximate surface area is 206 Å². The third kappa shape index (κ3) is 6.83. The maximum atomic E-state index is 13.7. The molecule has 186 valence electrons. The van der Waals surface area contributed by atoms with Gasteiger partial charge in [0, 0.05) is 24.4 Å². The maximum Gasteiger partial charge on any atom is 0.348 e. The van der Waals surface area contributed by atoms with Crippen molar-refractivity contribution < 1.29 is 24.2 Å². The standard InChI is InChI=1S/C26H36N2O5S/c1-17-6-8-19(9-7-17)24(30)28(16-22(29)27-12-13-33-18(2)15-27)21-14-20(10-11-26(3,4)5)34-23(21)25(31)32/h14,17-19H,6-9,12-13,15-16H2,1-5H3,(H,31,32)/t17-,18?,19-. The summed E-state index contributed by atoms with van der Waals surface area (Å²) in [7, 11) is 0. The lowest BCUT2D eigenvalue weighted by atomic mass is 9.82. The van der Waals surface area contributed by atoms with E-state index in [-0.39, 0.29) is 46.4 Å². The van der Waals surface area contributed by atoms with E-state index >= 15 is 0 Å². The number of amides is 2. The number of carboxylic acid groups (broad SMARTS) is 1. The summed E-state index contributed by atoms with van der Waals surface area (Å²) in [5.74, 6) is 5.06. The molecule has 1 saturated carbocycles. The normalized spacial score (nSPS) is 23.1. The number of nitrogens with zero attached hydrogens (tertiary/aromatic N) is 2. The van der Waals surface area contributed by atoms with E-state index < -0.39 is 5.97 Å². The molecule has 2 fully saturated rings. The fourth-order valence-corrected chi connectivity index (χ4v) is 5.19. The quantitative estimate of drug-likeness (QED) is 0.626. The van der Waals surface area contributed by atoms with Crippen molar-refractivity contribution in [1.29, 1.82) is 0 Å². The molecule has 1 aliphatic heterocycles. The van der Waals surface area contributed by atoms with Gasteiger partial charge in [-0.3, -0.25) is 9.59 Å². The Morgan fingerprint density at radius 2 is 1.88 bits per heavy atom. The Kier molecular flexibility index (Phi) is 8.43. The molecule has 1 unspecified atom stereocenters. The number of hydrogen-bond acceptors (Lipinski definition) is 5. The van der Waals surface area contributed by atoms with Crippen LogP contribution < -0.4 is 4.90 Å². The third-order valence-corrected chi connectivity index (χ3v) is 7.30. The third-order valence-electron chi connectivity index (χ3n) is 6.28. The molecule has 1 saturated heterocycles. The highest BCUT2D eigenvalue weighted by atomic mass is 32.1. The van der Waals surface area contributed by atoms with Gasteiger partial charge in [-0.25, -0.2) is 4.79 Å². The predicted molar refractivity (Wildman–Crippen MR) is 133 cm³/mol. The van der Waals surface area contributed by atoms with E-state index in [1.54, 1.807) is 11.0 Å². The van der Waals surface area contributed by atoms with Crippen LogP contribution in [0.2, 0.25) is 0 Å². The summed E-state index contributed by atoms with van der Waals surface area (Å²) < 4.78 is 5.54. The molecule has 7 nitrogen and oxygen atoms in total. The summed E-state index contributed by atoms with van der Waals surface area (Å²) in [6, 6.07) is 1.66. The number of hydrogen-bond donors (Lipinski definition) is 1. The lowest BCUT2D eigenvalue weighted by Gasteiger charge is -2.34. The highest BCUT2D eigenvalue weighted by Crippen LogP contribution is 2.35. The Hall–Kier alpha value is -2.37. The molecule has 8 heteroatoms. The highest BCUT2D eigenvalue weighted by Gasteiger charge is 2.34. The van der Waals surface area contributed by atoms with E-state index in [1.165, 1.54) is 4.90 Å². The van der Waals surface area contributed by atoms with Crippen LogP contribution in [0.15, 0.2) is 6.07 Å². The van der Waals surface area contributed by atoms with Crippen LogP contribution in [-0.2, 0) is 14.3 Å². The van der Waals surface area contributed by atoms with Crippen molar-refractivity contribution in [3.63, 3.8) is 0 Å². The van der Waals surface area contributed by atoms with Crippen LogP contribution >= 0.6 is 11.3 Å². The maximum absolute atomic E-state index is 13.7. The molecule has 1 N–H and O–H groups in total. The van der Waals surface area contributed by atoms with Gasteiger partial charge in [0.1, 0.15) is 11.4 Å². The number of carbonyl (C=O) groups is 3. The summed E-state index contributed by atoms with van der Waals surface area (Å²) in [6.07, 6.45) is 3.34. The fourth-order valence-electron chi connectivity index (χ4n) is 4.34. The zero-order chi connectivity index (χ0) is 25.0. The minimum atomic E-state index is -1.12. The van der Waals surface area contributed by atoms with Gasteiger partial charge in [0.2, 0.25) is 11.8 Å². The molecule has 2 heterocycles. The molecule has 0 aromatic carbocycles. The van der Waals surface area contributed by atoms with E-state index in [4.69, 9.17) is 4.74 Å². The first-order chi connectivity index (χ1) is 15.9. The number of thiophene rings is 1. The number of ether oxygens (including phenoxy) is 1. The molecule has 0 spiro atoms. The Morgan fingerprint density at radius 1 is 1.21 bits per heavy atom. The van der Waals surface area contributed by atoms with E-state index in [1.807, 2.05) is 27.7 Å². The minimum Gasteiger partial charge on any atom is -0.477 e. The second-order valence-corrected chi connectivity index (χ2v) is 11.6. The van der Waals surface area contributed by atoms with Crippen molar-refractivity contribution in [2.45, 2.75) is 66.4 Å². The van der Waals surface area contributed by atoms with Gasteiger partial charge in [-0.2, -0.15) is 0 Å². The van der Waals surface area contributed by atoms with Crippen LogP contribution in [0.1, 0.15) is 74.9 Å². The lowest BCUT2D eigenvalue weighted by molar-refractivity contribution is -0.138. The second kappa shape index (κ2) is 10.9. The molecular formula is C26H36N2O5S. The van der Waals surface area contributed by atoms with Crippen molar-refractivity contribution >= 4 is 34.8 Å². The summed E-state index contributed by atoms with van der Waals surface area (Å²) in [5.41, 5.74) is 0.0270. The van der Waals surface area contributed by atoms with Crippen molar-refractivity contribution in [2.75, 3.05) is 31.1 Å². The monoisotopic (exact) mass is 488 g/mol. The number of anilines is 1. The Bertz CT molecular complexity index is 976. The topological polar surface area (TPSA) is 87.2 Å². The molecule has 2 amide bonds. The number of rotatable bonds is 5. The van der Waals surface area contributed by atoms with Crippen molar-refractivity contribution in [1.82, 2.24) is 4.90 Å². The van der Waals surface area contributed by atoms with Gasteiger partial charge < -0.3 is 19.6 Å². The number of carbonyl (C=O) groups excluding carboxylic acids is 2. The van der Waals surface area contributed by atoms with E-state index in [0.29, 0.717) is 30.5 Å². The molecular weight excluding hydrogens is 452 g/mol. The average molecular weight is 489 g/mol. The van der Waals surface area contributed by atoms with Crippen LogP contribution in [0.5, 0.6) is 0 Å². The first-order valence-corrected chi connectivity index (χ1v) is 12.9. The van der Waals surface area contributed by atoms with Crippen molar-refractivity contribution in [3.05, 3.63) is 15.8 Å². The predicted octanol–water partition coefficient (Wildman–Crippen LogP) is 4.25. The van der Waals surface area contributed by atoms with Crippen LogP contribution in [0.4, 0.5) is 5.69 Å². The van der Waals surface area contributed by atoms with Crippen molar-refractivity contribution in [3.8, 4) is 11.8 Å². The van der Waals surface area contributed by atoms with Gasteiger partial charge in [-0.15, -0.1) is 11.3 Å². The van der Waals surface area contributed by atoms with Crippen LogP contribution in [0, 0.1) is 29.1 Å². The zero-order valence-electron chi connectivity index (χ0n) is 20.8. The Balaban J connectivity index is 1.96. The number of morpholine rings is 1. The largest absolute Gasteiger partial charge is 0.477 e. The van der Waals surface area contributed by atoms with Gasteiger partial charge in [0.15, 0.2) is 0 Å². The molecule has 1 aliphatic carbocycles.